The molecule has 17 heavy (non-hydrogen) atoms. The van der Waals surface area contributed by atoms with Gasteiger partial charge in [0.2, 0.25) is 0 Å². The largest absolute Gasteiger partial charge is 0.395 e. The minimum atomic E-state index is 0.255. The van der Waals surface area contributed by atoms with Gasteiger partial charge in [0.1, 0.15) is 0 Å². The molecule has 3 heteroatoms. The van der Waals surface area contributed by atoms with Gasteiger partial charge in [-0.25, -0.2) is 0 Å². The van der Waals surface area contributed by atoms with Gasteiger partial charge in [0.05, 0.1) is 6.61 Å². The summed E-state index contributed by atoms with van der Waals surface area (Å²) in [5, 5.41) is 12.4. The van der Waals surface area contributed by atoms with Gasteiger partial charge < -0.3 is 10.4 Å². The van der Waals surface area contributed by atoms with E-state index >= 15 is 0 Å². The molecule has 3 unspecified atom stereocenters. The van der Waals surface area contributed by atoms with E-state index in [0.717, 1.165) is 24.4 Å². The van der Waals surface area contributed by atoms with Crippen molar-refractivity contribution in [2.75, 3.05) is 26.2 Å². The van der Waals surface area contributed by atoms with E-state index in [1.54, 1.807) is 0 Å². The van der Waals surface area contributed by atoms with Crippen molar-refractivity contribution in [1.82, 2.24) is 10.2 Å². The molecule has 2 aliphatic rings. The maximum atomic E-state index is 8.91. The number of aliphatic hydroxyl groups is 1. The Morgan fingerprint density at radius 3 is 2.71 bits per heavy atom. The summed E-state index contributed by atoms with van der Waals surface area (Å²) in [4.78, 5) is 2.71. The molecule has 2 fully saturated rings. The first-order valence-electron chi connectivity index (χ1n) is 7.32. The van der Waals surface area contributed by atoms with E-state index in [1.807, 2.05) is 0 Å². The van der Waals surface area contributed by atoms with Crippen LogP contribution < -0.4 is 5.32 Å². The minimum Gasteiger partial charge on any atom is -0.395 e. The lowest BCUT2D eigenvalue weighted by molar-refractivity contribution is 0.0880. The molecule has 0 aromatic heterocycles. The van der Waals surface area contributed by atoms with Crippen LogP contribution in [0.2, 0.25) is 0 Å². The highest BCUT2D eigenvalue weighted by Crippen LogP contribution is 2.38. The average molecular weight is 240 g/mol. The summed E-state index contributed by atoms with van der Waals surface area (Å²) in [7, 11) is 0. The Labute approximate surface area is 106 Å². The third-order valence-electron chi connectivity index (χ3n) is 4.29. The number of piperidine rings is 1. The lowest BCUT2D eigenvalue weighted by atomic mass is 9.93. The van der Waals surface area contributed by atoms with E-state index in [2.05, 4.69) is 24.1 Å². The summed E-state index contributed by atoms with van der Waals surface area (Å²) in [6, 6.07) is 1.40. The summed E-state index contributed by atoms with van der Waals surface area (Å²) >= 11 is 0. The Morgan fingerprint density at radius 1 is 1.35 bits per heavy atom. The van der Waals surface area contributed by atoms with Gasteiger partial charge in [0.15, 0.2) is 0 Å². The zero-order valence-corrected chi connectivity index (χ0v) is 11.4. The third-order valence-corrected chi connectivity index (χ3v) is 4.29. The van der Waals surface area contributed by atoms with Crippen molar-refractivity contribution in [2.24, 2.45) is 11.8 Å². The normalized spacial score (nSPS) is 32.6. The number of nitrogens with zero attached hydrogens (tertiary/aromatic N) is 1. The number of hydrogen-bond acceptors (Lipinski definition) is 3. The van der Waals surface area contributed by atoms with Gasteiger partial charge in [-0.05, 0) is 37.5 Å². The van der Waals surface area contributed by atoms with Crippen molar-refractivity contribution in [3.63, 3.8) is 0 Å². The van der Waals surface area contributed by atoms with Gasteiger partial charge in [-0.3, -0.25) is 4.90 Å². The van der Waals surface area contributed by atoms with Crippen LogP contribution in [0, 0.1) is 11.8 Å². The Morgan fingerprint density at radius 2 is 2.12 bits per heavy atom. The maximum absolute atomic E-state index is 8.91. The van der Waals surface area contributed by atoms with Crippen molar-refractivity contribution >= 4 is 0 Å². The topological polar surface area (TPSA) is 35.5 Å². The Balaban J connectivity index is 1.87. The summed E-state index contributed by atoms with van der Waals surface area (Å²) in [5.74, 6) is 1.76. The molecule has 2 N–H and O–H groups in total. The predicted octanol–water partition coefficient (Wildman–Crippen LogP) is 1.47. The molecule has 3 nitrogen and oxygen atoms in total. The van der Waals surface area contributed by atoms with Gasteiger partial charge in [-0.15, -0.1) is 0 Å². The molecule has 1 saturated heterocycles. The second kappa shape index (κ2) is 6.17. The van der Waals surface area contributed by atoms with Gasteiger partial charge in [-0.2, -0.15) is 0 Å². The SMILES string of the molecule is CCC(C1CC1)N1CC(C)CC(NCCO)C1. The molecule has 100 valence electrons. The molecule has 1 aliphatic carbocycles. The van der Waals surface area contributed by atoms with Crippen LogP contribution in [0.4, 0.5) is 0 Å². The molecule has 0 aromatic rings. The fraction of sp³-hybridized carbons (Fsp3) is 1.00. The molecular formula is C14H28N2O. The van der Waals surface area contributed by atoms with Gasteiger partial charge in [0, 0.05) is 31.7 Å². The van der Waals surface area contributed by atoms with E-state index in [0.29, 0.717) is 6.04 Å². The standard InChI is InChI=1S/C14H28N2O/c1-3-14(12-4-5-12)16-9-11(2)8-13(10-16)15-6-7-17/h11-15,17H,3-10H2,1-2H3. The monoisotopic (exact) mass is 240 g/mol. The second-order valence-electron chi connectivity index (χ2n) is 5.98. The lowest BCUT2D eigenvalue weighted by Gasteiger charge is -2.41. The predicted molar refractivity (Wildman–Crippen MR) is 71.0 cm³/mol. The van der Waals surface area contributed by atoms with Crippen LogP contribution in [-0.2, 0) is 0 Å². The van der Waals surface area contributed by atoms with Crippen molar-refractivity contribution in [2.45, 2.75) is 51.6 Å². The molecule has 0 bridgehead atoms. The molecule has 2 rings (SSSR count). The van der Waals surface area contributed by atoms with Crippen LogP contribution in [0.5, 0.6) is 0 Å². The van der Waals surface area contributed by atoms with Crippen molar-refractivity contribution in [3.05, 3.63) is 0 Å². The molecule has 0 amide bonds. The molecule has 0 aromatic carbocycles. The second-order valence-corrected chi connectivity index (χ2v) is 5.98. The smallest absolute Gasteiger partial charge is 0.0556 e. The van der Waals surface area contributed by atoms with Crippen LogP contribution >= 0.6 is 0 Å². The fourth-order valence-corrected chi connectivity index (χ4v) is 3.45. The number of hydrogen-bond donors (Lipinski definition) is 2. The summed E-state index contributed by atoms with van der Waals surface area (Å²) in [6.45, 7) is 8.14. The highest BCUT2D eigenvalue weighted by atomic mass is 16.3. The number of aliphatic hydroxyl groups excluding tert-OH is 1. The van der Waals surface area contributed by atoms with E-state index in [4.69, 9.17) is 5.11 Å². The molecule has 0 radical (unpaired) electrons. The summed E-state index contributed by atoms with van der Waals surface area (Å²) in [6.07, 6.45) is 5.44. The van der Waals surface area contributed by atoms with Crippen LogP contribution in [0.3, 0.4) is 0 Å². The molecule has 1 saturated carbocycles. The zero-order valence-electron chi connectivity index (χ0n) is 11.4. The number of likely N-dealkylation sites (tertiary alicyclic amines) is 1. The fourth-order valence-electron chi connectivity index (χ4n) is 3.45. The van der Waals surface area contributed by atoms with Crippen LogP contribution in [-0.4, -0.2) is 48.3 Å². The van der Waals surface area contributed by atoms with Crippen LogP contribution in [0.25, 0.3) is 0 Å². The zero-order chi connectivity index (χ0) is 12.3. The number of rotatable bonds is 6. The Bertz CT molecular complexity index is 230. The third kappa shape index (κ3) is 3.67. The lowest BCUT2D eigenvalue weighted by Crippen LogP contribution is -2.53. The van der Waals surface area contributed by atoms with Crippen molar-refractivity contribution in [1.29, 1.82) is 0 Å². The number of nitrogens with one attached hydrogen (secondary N) is 1. The molecular weight excluding hydrogens is 212 g/mol. The van der Waals surface area contributed by atoms with E-state index in [9.17, 15) is 0 Å². The summed E-state index contributed by atoms with van der Waals surface area (Å²) < 4.78 is 0. The van der Waals surface area contributed by atoms with E-state index in [-0.39, 0.29) is 6.61 Å². The minimum absolute atomic E-state index is 0.255. The van der Waals surface area contributed by atoms with E-state index in [1.165, 1.54) is 38.8 Å². The van der Waals surface area contributed by atoms with Gasteiger partial charge in [-0.1, -0.05) is 13.8 Å². The first kappa shape index (κ1) is 13.3. The first-order valence-corrected chi connectivity index (χ1v) is 7.32. The first-order chi connectivity index (χ1) is 8.24. The van der Waals surface area contributed by atoms with Crippen LogP contribution in [0.1, 0.15) is 39.5 Å². The van der Waals surface area contributed by atoms with Crippen molar-refractivity contribution in [3.8, 4) is 0 Å². The highest BCUT2D eigenvalue weighted by molar-refractivity contribution is 4.92. The van der Waals surface area contributed by atoms with Crippen LogP contribution in [0.15, 0.2) is 0 Å². The summed E-state index contributed by atoms with van der Waals surface area (Å²) in [5.41, 5.74) is 0. The highest BCUT2D eigenvalue weighted by Gasteiger charge is 2.37. The average Bonchev–Trinajstić information content (AvgIpc) is 3.11. The maximum Gasteiger partial charge on any atom is 0.0556 e. The molecule has 1 aliphatic heterocycles. The molecule has 3 atom stereocenters. The molecule has 1 heterocycles. The Hall–Kier alpha value is -0.120. The van der Waals surface area contributed by atoms with E-state index < -0.39 is 0 Å². The molecule has 0 spiro atoms. The van der Waals surface area contributed by atoms with Crippen molar-refractivity contribution < 1.29 is 5.11 Å². The Kier molecular flexibility index (Phi) is 4.83. The van der Waals surface area contributed by atoms with Gasteiger partial charge >= 0.3 is 0 Å². The van der Waals surface area contributed by atoms with Gasteiger partial charge in [0.25, 0.3) is 0 Å². The quantitative estimate of drug-likeness (QED) is 0.738.